The molecule has 1 aliphatic heterocycles. The van der Waals surface area contributed by atoms with E-state index in [0.29, 0.717) is 0 Å². The predicted octanol–water partition coefficient (Wildman–Crippen LogP) is 4.10. The van der Waals surface area contributed by atoms with Crippen molar-refractivity contribution in [1.29, 1.82) is 0 Å². The van der Waals surface area contributed by atoms with E-state index in [4.69, 9.17) is 16.1 Å². The zero-order valence-corrected chi connectivity index (χ0v) is 11.6. The Morgan fingerprint density at radius 3 is 2.76 bits per heavy atom. The standard InChI is InChI=1S/C15H27O2/c1-5-7-11-15(3,4)13(6-2)17-14-10-8-9-12-16-14/h2,6,13-14H,5,7-12H2,1,3-4H3. The Balaban J connectivity index is 2.47. The Hall–Kier alpha value is -0.340. The Morgan fingerprint density at radius 1 is 1.47 bits per heavy atom. The van der Waals surface area contributed by atoms with Crippen LogP contribution in [-0.4, -0.2) is 19.0 Å². The van der Waals surface area contributed by atoms with Crippen LogP contribution < -0.4 is 0 Å². The van der Waals surface area contributed by atoms with Crippen molar-refractivity contribution in [2.45, 2.75) is 71.7 Å². The van der Waals surface area contributed by atoms with Gasteiger partial charge in [0.15, 0.2) is 6.29 Å². The summed E-state index contributed by atoms with van der Waals surface area (Å²) in [5.74, 6) is 0. The fourth-order valence-electron chi connectivity index (χ4n) is 2.25. The lowest BCUT2D eigenvalue weighted by atomic mass is 9.81. The zero-order chi connectivity index (χ0) is 12.7. The van der Waals surface area contributed by atoms with E-state index in [-0.39, 0.29) is 17.8 Å². The molecule has 0 spiro atoms. The highest BCUT2D eigenvalue weighted by molar-refractivity contribution is 4.90. The molecule has 2 atom stereocenters. The van der Waals surface area contributed by atoms with Crippen molar-refractivity contribution in [1.82, 2.24) is 0 Å². The van der Waals surface area contributed by atoms with Crippen molar-refractivity contribution < 1.29 is 9.47 Å². The molecule has 2 nitrogen and oxygen atoms in total. The molecular weight excluding hydrogens is 212 g/mol. The quantitative estimate of drug-likeness (QED) is 0.666. The van der Waals surface area contributed by atoms with Crippen molar-refractivity contribution in [2.75, 3.05) is 6.61 Å². The summed E-state index contributed by atoms with van der Waals surface area (Å²) in [5, 5.41) is 0. The smallest absolute Gasteiger partial charge is 0.158 e. The fraction of sp³-hybridized carbons (Fsp3) is 0.867. The van der Waals surface area contributed by atoms with Gasteiger partial charge in [0, 0.05) is 6.61 Å². The van der Waals surface area contributed by atoms with E-state index in [0.717, 1.165) is 25.9 Å². The van der Waals surface area contributed by atoms with Gasteiger partial charge in [-0.15, -0.1) is 0 Å². The van der Waals surface area contributed by atoms with Gasteiger partial charge in [-0.1, -0.05) is 46.3 Å². The third-order valence-electron chi connectivity index (χ3n) is 3.56. The topological polar surface area (TPSA) is 18.5 Å². The maximum atomic E-state index is 6.00. The summed E-state index contributed by atoms with van der Waals surface area (Å²) >= 11 is 0. The van der Waals surface area contributed by atoms with Crippen LogP contribution >= 0.6 is 0 Å². The van der Waals surface area contributed by atoms with Crippen LogP contribution in [0.5, 0.6) is 0 Å². The van der Waals surface area contributed by atoms with Gasteiger partial charge < -0.3 is 9.47 Å². The zero-order valence-electron chi connectivity index (χ0n) is 11.6. The van der Waals surface area contributed by atoms with Crippen LogP contribution in [0.1, 0.15) is 59.3 Å². The fourth-order valence-corrected chi connectivity index (χ4v) is 2.25. The molecule has 99 valence electrons. The first-order chi connectivity index (χ1) is 8.10. The molecule has 2 heteroatoms. The van der Waals surface area contributed by atoms with Gasteiger partial charge in [0.2, 0.25) is 0 Å². The number of hydrogen-bond acceptors (Lipinski definition) is 2. The highest BCUT2D eigenvalue weighted by atomic mass is 16.7. The number of hydrogen-bond donors (Lipinski definition) is 0. The first kappa shape index (κ1) is 14.7. The highest BCUT2D eigenvalue weighted by Gasteiger charge is 2.30. The lowest BCUT2D eigenvalue weighted by molar-refractivity contribution is -0.197. The minimum Gasteiger partial charge on any atom is -0.353 e. The van der Waals surface area contributed by atoms with Crippen LogP contribution in [0.25, 0.3) is 0 Å². The van der Waals surface area contributed by atoms with Crippen molar-refractivity contribution in [3.05, 3.63) is 12.7 Å². The molecule has 0 bridgehead atoms. The first-order valence-electron chi connectivity index (χ1n) is 6.92. The van der Waals surface area contributed by atoms with Crippen molar-refractivity contribution >= 4 is 0 Å². The van der Waals surface area contributed by atoms with Gasteiger partial charge in [-0.05, 0) is 31.1 Å². The van der Waals surface area contributed by atoms with Crippen LogP contribution in [0.2, 0.25) is 0 Å². The molecule has 0 amide bonds. The van der Waals surface area contributed by atoms with Gasteiger partial charge in [0.05, 0.1) is 6.10 Å². The summed E-state index contributed by atoms with van der Waals surface area (Å²) in [7, 11) is 0. The summed E-state index contributed by atoms with van der Waals surface area (Å²) in [4.78, 5) is 0. The van der Waals surface area contributed by atoms with Gasteiger partial charge in [-0.25, -0.2) is 0 Å². The largest absolute Gasteiger partial charge is 0.353 e. The van der Waals surface area contributed by atoms with Crippen molar-refractivity contribution in [3.63, 3.8) is 0 Å². The maximum Gasteiger partial charge on any atom is 0.158 e. The molecule has 0 aromatic rings. The molecule has 1 heterocycles. The van der Waals surface area contributed by atoms with Crippen LogP contribution in [0.3, 0.4) is 0 Å². The second-order valence-corrected chi connectivity index (χ2v) is 5.64. The number of ether oxygens (including phenoxy) is 2. The van der Waals surface area contributed by atoms with E-state index in [9.17, 15) is 0 Å². The Kier molecular flexibility index (Phi) is 6.21. The molecule has 0 N–H and O–H groups in total. The van der Waals surface area contributed by atoms with E-state index in [1.807, 2.05) is 0 Å². The Morgan fingerprint density at radius 2 is 2.24 bits per heavy atom. The molecule has 0 aliphatic carbocycles. The molecule has 1 fully saturated rings. The third kappa shape index (κ3) is 4.81. The van der Waals surface area contributed by atoms with Gasteiger partial charge >= 0.3 is 0 Å². The normalized spacial score (nSPS) is 23.4. The van der Waals surface area contributed by atoms with E-state index in [1.165, 1.54) is 19.3 Å². The number of rotatable bonds is 7. The average Bonchev–Trinajstić information content (AvgIpc) is 2.34. The van der Waals surface area contributed by atoms with Crippen LogP contribution in [0, 0.1) is 12.0 Å². The summed E-state index contributed by atoms with van der Waals surface area (Å²) in [6, 6.07) is 0. The molecule has 1 saturated heterocycles. The van der Waals surface area contributed by atoms with Gasteiger partial charge in [0.1, 0.15) is 0 Å². The Bertz CT molecular complexity index is 217. The summed E-state index contributed by atoms with van der Waals surface area (Å²) < 4.78 is 11.6. The summed E-state index contributed by atoms with van der Waals surface area (Å²) in [6.07, 6.45) is 8.50. The van der Waals surface area contributed by atoms with E-state index >= 15 is 0 Å². The maximum absolute atomic E-state index is 6.00. The highest BCUT2D eigenvalue weighted by Crippen LogP contribution is 2.32. The average molecular weight is 239 g/mol. The van der Waals surface area contributed by atoms with E-state index < -0.39 is 0 Å². The van der Waals surface area contributed by atoms with Gasteiger partial charge in [-0.2, -0.15) is 0 Å². The summed E-state index contributed by atoms with van der Waals surface area (Å²) in [6.45, 7) is 13.2. The molecule has 1 aliphatic rings. The number of unbranched alkanes of at least 4 members (excludes halogenated alkanes) is 1. The summed E-state index contributed by atoms with van der Waals surface area (Å²) in [5.41, 5.74) is 0.0889. The van der Waals surface area contributed by atoms with Crippen LogP contribution in [0.15, 0.2) is 6.08 Å². The first-order valence-corrected chi connectivity index (χ1v) is 6.92. The molecular formula is C15H27O2. The molecule has 1 radical (unpaired) electrons. The van der Waals surface area contributed by atoms with E-state index in [2.05, 4.69) is 20.8 Å². The lowest BCUT2D eigenvalue weighted by Crippen LogP contribution is -2.36. The molecule has 1 rings (SSSR count). The SMILES string of the molecule is [CH]=CC(OC1CCCCO1)C(C)(C)CCCC. The molecule has 0 aromatic heterocycles. The predicted molar refractivity (Wildman–Crippen MR) is 70.6 cm³/mol. The minimum absolute atomic E-state index is 0.0165. The van der Waals surface area contributed by atoms with Crippen LogP contribution in [0.4, 0.5) is 0 Å². The van der Waals surface area contributed by atoms with Gasteiger partial charge in [-0.3, -0.25) is 0 Å². The second-order valence-electron chi connectivity index (χ2n) is 5.64. The van der Waals surface area contributed by atoms with Crippen LogP contribution in [-0.2, 0) is 9.47 Å². The molecule has 2 unspecified atom stereocenters. The Labute approximate surface area is 106 Å². The third-order valence-corrected chi connectivity index (χ3v) is 3.56. The molecule has 0 saturated carbocycles. The molecule has 17 heavy (non-hydrogen) atoms. The van der Waals surface area contributed by atoms with E-state index in [1.54, 1.807) is 6.08 Å². The lowest BCUT2D eigenvalue weighted by Gasteiger charge is -2.36. The monoisotopic (exact) mass is 239 g/mol. The molecule has 0 aromatic carbocycles. The van der Waals surface area contributed by atoms with Crippen molar-refractivity contribution in [2.24, 2.45) is 5.41 Å². The second kappa shape index (κ2) is 7.17. The van der Waals surface area contributed by atoms with Crippen molar-refractivity contribution in [3.8, 4) is 0 Å². The minimum atomic E-state index is -0.0607. The van der Waals surface area contributed by atoms with Gasteiger partial charge in [0.25, 0.3) is 0 Å².